The van der Waals surface area contributed by atoms with Crippen molar-refractivity contribution in [1.29, 1.82) is 0 Å². The Morgan fingerprint density at radius 2 is 1.75 bits per heavy atom. The Hall–Kier alpha value is -1.51. The number of hydrogen-bond donors (Lipinski definition) is 1. The van der Waals surface area contributed by atoms with Crippen molar-refractivity contribution in [2.45, 2.75) is 64.0 Å². The van der Waals surface area contributed by atoms with E-state index in [1.165, 1.54) is 0 Å². The summed E-state index contributed by atoms with van der Waals surface area (Å²) < 4.78 is 29.1. The zero-order valence-corrected chi connectivity index (χ0v) is 17.1. The van der Waals surface area contributed by atoms with Crippen molar-refractivity contribution in [2.24, 2.45) is 5.92 Å². The van der Waals surface area contributed by atoms with Crippen LogP contribution in [0.5, 0.6) is 0 Å². The van der Waals surface area contributed by atoms with Crippen molar-refractivity contribution in [2.75, 3.05) is 20.8 Å². The van der Waals surface area contributed by atoms with Gasteiger partial charge in [0, 0.05) is 14.2 Å². The molecule has 0 aromatic heterocycles. The van der Waals surface area contributed by atoms with Crippen molar-refractivity contribution in [3.63, 3.8) is 0 Å². The highest BCUT2D eigenvalue weighted by molar-refractivity contribution is 5.68. The highest BCUT2D eigenvalue weighted by Gasteiger charge is 2.48. The van der Waals surface area contributed by atoms with Crippen LogP contribution in [0.1, 0.15) is 32.3 Å². The highest BCUT2D eigenvalue weighted by Crippen LogP contribution is 2.31. The Kier molecular flexibility index (Phi) is 9.34. The first-order valence-corrected chi connectivity index (χ1v) is 9.66. The van der Waals surface area contributed by atoms with Gasteiger partial charge in [0.05, 0.1) is 12.7 Å². The number of benzene rings is 1. The summed E-state index contributed by atoms with van der Waals surface area (Å²) in [5.41, 5.74) is 0.991. The van der Waals surface area contributed by atoms with Gasteiger partial charge in [0.1, 0.15) is 24.9 Å². The molecule has 1 aromatic rings. The van der Waals surface area contributed by atoms with Gasteiger partial charge in [-0.3, -0.25) is 0 Å². The number of methoxy groups -OCH3 is 2. The van der Waals surface area contributed by atoms with Crippen LogP contribution in [0, 0.1) is 5.92 Å². The molecule has 1 N–H and O–H groups in total. The number of rotatable bonds is 11. The lowest BCUT2D eigenvalue weighted by atomic mass is 9.93. The molecule has 0 radical (unpaired) electrons. The minimum absolute atomic E-state index is 0.271. The van der Waals surface area contributed by atoms with Crippen LogP contribution < -0.4 is 0 Å². The minimum Gasteiger partial charge on any atom is -0.480 e. The third kappa shape index (κ3) is 6.53. The summed E-state index contributed by atoms with van der Waals surface area (Å²) in [6, 6.07) is 9.71. The monoisotopic (exact) mass is 396 g/mol. The van der Waals surface area contributed by atoms with Gasteiger partial charge in [0.2, 0.25) is 0 Å². The van der Waals surface area contributed by atoms with E-state index >= 15 is 0 Å². The van der Waals surface area contributed by atoms with Crippen LogP contribution in [0.15, 0.2) is 30.3 Å². The summed E-state index contributed by atoms with van der Waals surface area (Å²) in [7, 11) is 3.21. The summed E-state index contributed by atoms with van der Waals surface area (Å²) in [6.45, 7) is 4.14. The molecule has 7 nitrogen and oxygen atoms in total. The number of carbonyl (C=O) groups is 1. The van der Waals surface area contributed by atoms with Crippen molar-refractivity contribution < 1.29 is 33.6 Å². The lowest BCUT2D eigenvalue weighted by Crippen LogP contribution is -2.60. The number of carboxylic acids is 1. The second-order valence-electron chi connectivity index (χ2n) is 7.38. The third-order valence-electron chi connectivity index (χ3n) is 4.82. The zero-order chi connectivity index (χ0) is 20.5. The van der Waals surface area contributed by atoms with Crippen molar-refractivity contribution in [1.82, 2.24) is 0 Å². The van der Waals surface area contributed by atoms with E-state index in [1.807, 2.05) is 30.3 Å². The lowest BCUT2D eigenvalue weighted by Gasteiger charge is -2.45. The highest BCUT2D eigenvalue weighted by atomic mass is 16.7. The van der Waals surface area contributed by atoms with Crippen molar-refractivity contribution >= 4 is 5.97 Å². The minimum atomic E-state index is -1.06. The second-order valence-corrected chi connectivity index (χ2v) is 7.38. The normalized spacial score (nSPS) is 27.8. The van der Waals surface area contributed by atoms with Gasteiger partial charge >= 0.3 is 5.97 Å². The predicted molar refractivity (Wildman–Crippen MR) is 103 cm³/mol. The van der Waals surface area contributed by atoms with Gasteiger partial charge < -0.3 is 28.8 Å². The van der Waals surface area contributed by atoms with Crippen LogP contribution in [0.2, 0.25) is 0 Å². The van der Waals surface area contributed by atoms with E-state index in [1.54, 1.807) is 14.2 Å². The molecule has 0 amide bonds. The fraction of sp³-hybridized carbons (Fsp3) is 0.667. The van der Waals surface area contributed by atoms with E-state index < -0.39 is 31.1 Å². The second kappa shape index (κ2) is 11.5. The van der Waals surface area contributed by atoms with E-state index in [-0.39, 0.29) is 12.2 Å². The number of ether oxygens (including phenoxy) is 5. The van der Waals surface area contributed by atoms with E-state index in [9.17, 15) is 4.79 Å². The van der Waals surface area contributed by atoms with Crippen LogP contribution in [-0.4, -0.2) is 62.6 Å². The maximum atomic E-state index is 11.0. The summed E-state index contributed by atoms with van der Waals surface area (Å²) in [5, 5.41) is 9.02. The molecule has 0 bridgehead atoms. The summed E-state index contributed by atoms with van der Waals surface area (Å²) in [5.74, 6) is -0.556. The molecule has 0 spiro atoms. The SMILES string of the molecule is COC1C(CCC(C)C)O[C@@H](OCC(=O)O)C(OCc2ccccc2)[C@H]1OC. The number of hydrogen-bond acceptors (Lipinski definition) is 6. The van der Waals surface area contributed by atoms with Gasteiger partial charge in [0.25, 0.3) is 0 Å². The molecule has 1 fully saturated rings. The van der Waals surface area contributed by atoms with Gasteiger partial charge in [0.15, 0.2) is 6.29 Å². The fourth-order valence-corrected chi connectivity index (χ4v) is 3.39. The Morgan fingerprint density at radius 3 is 2.32 bits per heavy atom. The first-order chi connectivity index (χ1) is 13.5. The number of aliphatic carboxylic acids is 1. The quantitative estimate of drug-likeness (QED) is 0.616. The van der Waals surface area contributed by atoms with Gasteiger partial charge in [-0.25, -0.2) is 4.79 Å². The zero-order valence-electron chi connectivity index (χ0n) is 17.1. The predicted octanol–water partition coefficient (Wildman–Crippen LogP) is 2.86. The van der Waals surface area contributed by atoms with Gasteiger partial charge in [-0.05, 0) is 24.3 Å². The molecule has 3 unspecified atom stereocenters. The van der Waals surface area contributed by atoms with Crippen molar-refractivity contribution in [3.05, 3.63) is 35.9 Å². The Labute approximate surface area is 166 Å². The molecule has 0 saturated carbocycles. The van der Waals surface area contributed by atoms with Crippen LogP contribution in [0.4, 0.5) is 0 Å². The molecule has 0 aliphatic carbocycles. The summed E-state index contributed by atoms with van der Waals surface area (Å²) in [6.07, 6.45) is -0.824. The average Bonchev–Trinajstić information content (AvgIpc) is 2.69. The van der Waals surface area contributed by atoms with Crippen LogP contribution in [0.25, 0.3) is 0 Å². The molecule has 1 aliphatic heterocycles. The van der Waals surface area contributed by atoms with E-state index in [0.29, 0.717) is 12.5 Å². The maximum Gasteiger partial charge on any atom is 0.329 e. The Morgan fingerprint density at radius 1 is 1.07 bits per heavy atom. The van der Waals surface area contributed by atoms with Gasteiger partial charge in [-0.2, -0.15) is 0 Å². The number of carboxylic acid groups (broad SMARTS) is 1. The van der Waals surface area contributed by atoms with Gasteiger partial charge in [-0.15, -0.1) is 0 Å². The molecular weight excluding hydrogens is 364 g/mol. The topological polar surface area (TPSA) is 83.5 Å². The molecule has 7 heteroatoms. The molecule has 158 valence electrons. The third-order valence-corrected chi connectivity index (χ3v) is 4.82. The van der Waals surface area contributed by atoms with Gasteiger partial charge in [-0.1, -0.05) is 44.2 Å². The van der Waals surface area contributed by atoms with Crippen LogP contribution in [0.3, 0.4) is 0 Å². The Bertz CT molecular complexity index is 577. The van der Waals surface area contributed by atoms with Crippen LogP contribution in [-0.2, 0) is 35.1 Å². The fourth-order valence-electron chi connectivity index (χ4n) is 3.39. The molecule has 1 saturated heterocycles. The molecule has 28 heavy (non-hydrogen) atoms. The first kappa shape index (κ1) is 22.8. The van der Waals surface area contributed by atoms with E-state index in [4.69, 9.17) is 28.8 Å². The average molecular weight is 396 g/mol. The molecular formula is C21H32O7. The Balaban J connectivity index is 2.16. The van der Waals surface area contributed by atoms with Crippen molar-refractivity contribution in [3.8, 4) is 0 Å². The lowest BCUT2D eigenvalue weighted by molar-refractivity contribution is -0.314. The van der Waals surface area contributed by atoms with E-state index in [0.717, 1.165) is 18.4 Å². The maximum absolute atomic E-state index is 11.0. The first-order valence-electron chi connectivity index (χ1n) is 9.66. The van der Waals surface area contributed by atoms with E-state index in [2.05, 4.69) is 13.8 Å². The molecule has 1 aromatic carbocycles. The summed E-state index contributed by atoms with van der Waals surface area (Å²) >= 11 is 0. The summed E-state index contributed by atoms with van der Waals surface area (Å²) in [4.78, 5) is 11.0. The molecule has 1 heterocycles. The molecule has 1 aliphatic rings. The smallest absolute Gasteiger partial charge is 0.329 e. The van der Waals surface area contributed by atoms with Crippen LogP contribution >= 0.6 is 0 Å². The largest absolute Gasteiger partial charge is 0.480 e. The standard InChI is InChI=1S/C21H32O7/c1-14(2)10-11-16-18(24-3)19(25-4)20(21(28-16)27-13-17(22)23)26-12-15-8-6-5-7-9-15/h5-9,14,16,18-21H,10-13H2,1-4H3,(H,22,23)/t16?,18?,19-,20?,21+/m0/s1. The molecule has 5 atom stereocenters. The molecule has 2 rings (SSSR count).